The van der Waals surface area contributed by atoms with E-state index in [0.717, 1.165) is 0 Å². The number of para-hydroxylation sites is 1. The van der Waals surface area contributed by atoms with E-state index in [1.54, 1.807) is 57.7 Å². The van der Waals surface area contributed by atoms with Gasteiger partial charge in [-0.15, -0.1) is 0 Å². The number of fused-ring (bicyclic) bond motifs is 2. The fourth-order valence-corrected chi connectivity index (χ4v) is 13.5. The number of ether oxygens (including phenoxy) is 5. The number of esters is 1. The first kappa shape index (κ1) is 34.3. The van der Waals surface area contributed by atoms with E-state index in [1.165, 1.54) is 19.2 Å². The van der Waals surface area contributed by atoms with E-state index in [1.807, 2.05) is 0 Å². The van der Waals surface area contributed by atoms with Crippen molar-refractivity contribution < 1.29 is 47.1 Å². The highest BCUT2D eigenvalue weighted by atomic mass is 32.2. The molecule has 12 atom stereocenters. The molecular formula is C37H48N2O10S. The van der Waals surface area contributed by atoms with Crippen LogP contribution in [0.5, 0.6) is 5.75 Å². The molecule has 272 valence electrons. The van der Waals surface area contributed by atoms with E-state index in [2.05, 4.69) is 16.5 Å². The van der Waals surface area contributed by atoms with Crippen LogP contribution in [-0.2, 0) is 29.0 Å². The molecule has 5 aliphatic carbocycles. The van der Waals surface area contributed by atoms with E-state index in [9.17, 15) is 23.4 Å². The molecular weight excluding hydrogens is 664 g/mol. The molecule has 1 aliphatic heterocycles. The fraction of sp³-hybridized carbons (Fsp3) is 0.649. The largest absolute Gasteiger partial charge is 0.497 e. The molecule has 7 bridgehead atoms. The Balaban J connectivity index is 1.20. The lowest BCUT2D eigenvalue weighted by molar-refractivity contribution is -0.337. The lowest BCUT2D eigenvalue weighted by Crippen LogP contribution is -2.83. The molecule has 0 radical (unpaired) electrons. The van der Waals surface area contributed by atoms with Gasteiger partial charge in [-0.2, -0.15) is 0 Å². The average molecular weight is 713 g/mol. The number of carbonyl (C=O) groups excluding carboxylic acids is 1. The Morgan fingerprint density at radius 2 is 1.78 bits per heavy atom. The molecule has 12 nitrogen and oxygen atoms in total. The van der Waals surface area contributed by atoms with Gasteiger partial charge in [0.1, 0.15) is 22.6 Å². The Hall–Kier alpha value is -2.78. The van der Waals surface area contributed by atoms with Crippen LogP contribution in [0.4, 0.5) is 5.69 Å². The number of benzene rings is 2. The van der Waals surface area contributed by atoms with Crippen LogP contribution in [-0.4, -0.2) is 112 Å². The zero-order chi connectivity index (χ0) is 35.4. The predicted octanol–water partition coefficient (Wildman–Crippen LogP) is 3.07. The molecule has 6 aliphatic rings. The Morgan fingerprint density at radius 3 is 2.48 bits per heavy atom. The molecule has 2 aromatic rings. The van der Waals surface area contributed by atoms with Crippen LogP contribution in [0.3, 0.4) is 0 Å². The van der Waals surface area contributed by atoms with Gasteiger partial charge in [0, 0.05) is 75.5 Å². The molecule has 1 spiro atoms. The van der Waals surface area contributed by atoms with Gasteiger partial charge in [-0.3, -0.25) is 9.62 Å². The van der Waals surface area contributed by atoms with Crippen LogP contribution in [0.2, 0.25) is 0 Å². The van der Waals surface area contributed by atoms with E-state index in [0.29, 0.717) is 50.9 Å². The number of carbonyl (C=O) groups is 1. The summed E-state index contributed by atoms with van der Waals surface area (Å²) in [5.41, 5.74) is -4.44. The number of likely N-dealkylation sites (tertiary alicyclic amines) is 1. The third-order valence-corrected chi connectivity index (χ3v) is 15.3. The Bertz CT molecular complexity index is 1790. The van der Waals surface area contributed by atoms with Crippen molar-refractivity contribution in [3.05, 3.63) is 54.1 Å². The summed E-state index contributed by atoms with van der Waals surface area (Å²) in [6.07, 6.45) is 1.41. The third kappa shape index (κ3) is 4.19. The van der Waals surface area contributed by atoms with Crippen LogP contribution < -0.4 is 9.46 Å². The fourth-order valence-electron chi connectivity index (χ4n) is 12.4. The highest BCUT2D eigenvalue weighted by Crippen LogP contribution is 2.79. The van der Waals surface area contributed by atoms with Crippen molar-refractivity contribution in [1.82, 2.24) is 4.90 Å². The molecule has 6 fully saturated rings. The second kappa shape index (κ2) is 11.6. The molecule has 3 N–H and O–H groups in total. The molecule has 0 aromatic heterocycles. The number of rotatable bonds is 10. The van der Waals surface area contributed by atoms with Gasteiger partial charge in [-0.05, 0) is 56.5 Å². The van der Waals surface area contributed by atoms with Crippen molar-refractivity contribution >= 4 is 21.7 Å². The highest BCUT2D eigenvalue weighted by molar-refractivity contribution is 7.92. The lowest BCUT2D eigenvalue weighted by atomic mass is 9.44. The number of anilines is 1. The summed E-state index contributed by atoms with van der Waals surface area (Å²) < 4.78 is 60.0. The second-order valence-corrected chi connectivity index (χ2v) is 17.0. The summed E-state index contributed by atoms with van der Waals surface area (Å²) in [6, 6.07) is 12.5. The first-order chi connectivity index (χ1) is 23.9. The molecule has 1 unspecified atom stereocenters. The van der Waals surface area contributed by atoms with E-state index >= 15 is 0 Å². The Labute approximate surface area is 293 Å². The van der Waals surface area contributed by atoms with Crippen LogP contribution >= 0.6 is 0 Å². The minimum atomic E-state index is -4.08. The average Bonchev–Trinajstić information content (AvgIpc) is 3.54. The quantitative estimate of drug-likeness (QED) is 0.312. The smallest absolute Gasteiger partial charge is 0.340 e. The third-order valence-electron chi connectivity index (χ3n) is 13.9. The lowest BCUT2D eigenvalue weighted by Gasteiger charge is -2.70. The number of methoxy groups -OCH3 is 4. The summed E-state index contributed by atoms with van der Waals surface area (Å²) in [4.78, 5) is 16.8. The normalized spacial score (nSPS) is 42.6. The number of nitrogens with zero attached hydrogens (tertiary/aromatic N) is 1. The van der Waals surface area contributed by atoms with Crippen LogP contribution in [0.1, 0.15) is 49.4 Å². The first-order valence-electron chi connectivity index (χ1n) is 17.7. The van der Waals surface area contributed by atoms with Crippen molar-refractivity contribution in [2.75, 3.05) is 46.3 Å². The molecule has 8 rings (SSSR count). The SMILES string of the molecule is CCN1C[C@]2(OC(=O)c3ccccc3NS(=O)(=O)c3cccc(OC)c3)CC[C@H](OC)[C@]34C1[C@H](C[C@H]23)[C@@]1(O)C[C@H](OC)[C@H]2C[C@@H]4[C@]1(O)[C@H]2OC. The van der Waals surface area contributed by atoms with Gasteiger partial charge < -0.3 is 33.9 Å². The maximum absolute atomic E-state index is 14.5. The van der Waals surface area contributed by atoms with Crippen molar-refractivity contribution in [2.24, 2.45) is 29.1 Å². The molecule has 0 amide bonds. The van der Waals surface area contributed by atoms with Gasteiger partial charge in [0.25, 0.3) is 10.0 Å². The van der Waals surface area contributed by atoms with Crippen molar-refractivity contribution in [1.29, 1.82) is 0 Å². The summed E-state index contributed by atoms with van der Waals surface area (Å²) >= 11 is 0. The Kier molecular flexibility index (Phi) is 7.97. The van der Waals surface area contributed by atoms with Gasteiger partial charge in [0.2, 0.25) is 0 Å². The Morgan fingerprint density at radius 1 is 1.00 bits per heavy atom. The van der Waals surface area contributed by atoms with Gasteiger partial charge in [-0.1, -0.05) is 25.1 Å². The number of hydrogen-bond donors (Lipinski definition) is 3. The zero-order valence-electron chi connectivity index (χ0n) is 29.2. The number of hydrogen-bond acceptors (Lipinski definition) is 11. The van der Waals surface area contributed by atoms with E-state index in [4.69, 9.17) is 23.7 Å². The topological polar surface area (TPSA) is 153 Å². The molecule has 50 heavy (non-hydrogen) atoms. The summed E-state index contributed by atoms with van der Waals surface area (Å²) in [7, 11) is 2.37. The molecule has 2 aromatic carbocycles. The summed E-state index contributed by atoms with van der Waals surface area (Å²) in [5.74, 6) is -1.33. The van der Waals surface area contributed by atoms with Crippen LogP contribution in [0, 0.1) is 29.1 Å². The minimum absolute atomic E-state index is 0.00468. The van der Waals surface area contributed by atoms with E-state index < -0.39 is 50.2 Å². The van der Waals surface area contributed by atoms with Crippen molar-refractivity contribution in [3.8, 4) is 5.75 Å². The molecule has 13 heteroatoms. The number of sulfonamides is 1. The second-order valence-electron chi connectivity index (χ2n) is 15.3. The van der Waals surface area contributed by atoms with Gasteiger partial charge in [-0.25, -0.2) is 13.2 Å². The number of nitrogens with one attached hydrogen (secondary N) is 1. The molecule has 1 saturated heterocycles. The van der Waals surface area contributed by atoms with Crippen molar-refractivity contribution in [2.45, 2.75) is 85.1 Å². The molecule has 1 heterocycles. The van der Waals surface area contributed by atoms with Crippen molar-refractivity contribution in [3.63, 3.8) is 0 Å². The highest BCUT2D eigenvalue weighted by Gasteiger charge is 2.89. The summed E-state index contributed by atoms with van der Waals surface area (Å²) in [5, 5.41) is 25.9. The van der Waals surface area contributed by atoms with Crippen LogP contribution in [0.15, 0.2) is 53.4 Å². The standard InChI is InChI=1S/C37H48N2O10S/c1-6-39-20-34(49-33(40)23-12-7-8-13-26(23)38-50(43,44)22-11-9-10-21(16-22)45-2)15-14-30(47-4)36-28(34)18-25(31(36)39)35(41)19-27(46-3)24-17-29(36)37(35,42)32(24)48-5/h7-13,16,24-25,27-32,38,41-42H,6,14-15,17-20H2,1-5H3/t24-,25+,27+,28-,29+,30+,31?,32+,34-,35+,36+,37+/m1/s1. The van der Waals surface area contributed by atoms with E-state index in [-0.39, 0.29) is 52.1 Å². The monoisotopic (exact) mass is 712 g/mol. The van der Waals surface area contributed by atoms with Crippen LogP contribution in [0.25, 0.3) is 0 Å². The number of likely N-dealkylation sites (N-methyl/N-ethyl adjacent to an activating group) is 1. The van der Waals surface area contributed by atoms with Gasteiger partial charge >= 0.3 is 5.97 Å². The number of aliphatic hydroxyl groups is 2. The predicted molar refractivity (Wildman–Crippen MR) is 181 cm³/mol. The van der Waals surface area contributed by atoms with Gasteiger partial charge in [0.05, 0.1) is 41.6 Å². The zero-order valence-corrected chi connectivity index (χ0v) is 30.0. The summed E-state index contributed by atoms with van der Waals surface area (Å²) in [6.45, 7) is 3.19. The number of piperidine rings is 1. The molecule has 5 saturated carbocycles. The maximum atomic E-state index is 14.5. The van der Waals surface area contributed by atoms with Gasteiger partial charge in [0.15, 0.2) is 0 Å². The maximum Gasteiger partial charge on any atom is 0.340 e. The minimum Gasteiger partial charge on any atom is -0.497 e. The first-order valence-corrected chi connectivity index (χ1v) is 19.1.